The lowest BCUT2D eigenvalue weighted by Crippen LogP contribution is -2.11. The number of rotatable bonds is 3. The Morgan fingerprint density at radius 3 is 2.89 bits per heavy atom. The van der Waals surface area contributed by atoms with E-state index in [1.54, 1.807) is 18.2 Å². The SMILES string of the molecule is N#Cc1cc(Br)ccc1Nc1nc(NN)ncc1Cl. The highest BCUT2D eigenvalue weighted by molar-refractivity contribution is 9.10. The van der Waals surface area contributed by atoms with Gasteiger partial charge in [-0.1, -0.05) is 27.5 Å². The van der Waals surface area contributed by atoms with Gasteiger partial charge in [0.1, 0.15) is 11.1 Å². The standard InChI is InChI=1S/C11H8BrClN6/c12-7-1-2-9(6(3-7)4-14)17-10-8(13)5-16-11(18-10)19-15/h1-3,5H,15H2,(H2,16,17,18,19). The van der Waals surface area contributed by atoms with Crippen molar-refractivity contribution in [3.8, 4) is 6.07 Å². The summed E-state index contributed by atoms with van der Waals surface area (Å²) in [6, 6.07) is 7.33. The van der Waals surface area contributed by atoms with E-state index in [2.05, 4.69) is 42.7 Å². The number of aromatic nitrogens is 2. The molecule has 0 saturated heterocycles. The van der Waals surface area contributed by atoms with Gasteiger partial charge in [-0.25, -0.2) is 10.8 Å². The van der Waals surface area contributed by atoms with E-state index < -0.39 is 0 Å². The third kappa shape index (κ3) is 3.12. The maximum atomic E-state index is 9.08. The number of halogens is 2. The Hall–Kier alpha value is -1.88. The fourth-order valence-corrected chi connectivity index (χ4v) is 1.87. The van der Waals surface area contributed by atoms with Gasteiger partial charge >= 0.3 is 0 Å². The van der Waals surface area contributed by atoms with Crippen molar-refractivity contribution in [3.63, 3.8) is 0 Å². The van der Waals surface area contributed by atoms with E-state index in [9.17, 15) is 0 Å². The monoisotopic (exact) mass is 338 g/mol. The first kappa shape index (κ1) is 13.5. The molecule has 8 heteroatoms. The largest absolute Gasteiger partial charge is 0.338 e. The van der Waals surface area contributed by atoms with Crippen LogP contribution >= 0.6 is 27.5 Å². The lowest BCUT2D eigenvalue weighted by molar-refractivity contribution is 1.12. The van der Waals surface area contributed by atoms with Gasteiger partial charge < -0.3 is 5.32 Å². The molecule has 0 bridgehead atoms. The molecule has 0 radical (unpaired) electrons. The molecule has 0 fully saturated rings. The smallest absolute Gasteiger partial charge is 0.239 e. The molecule has 96 valence electrons. The summed E-state index contributed by atoms with van der Waals surface area (Å²) < 4.78 is 0.813. The van der Waals surface area contributed by atoms with Crippen molar-refractivity contribution >= 4 is 45.0 Å². The van der Waals surface area contributed by atoms with Crippen molar-refractivity contribution in [3.05, 3.63) is 39.5 Å². The molecule has 0 spiro atoms. The molecule has 0 unspecified atom stereocenters. The summed E-state index contributed by atoms with van der Waals surface area (Å²) in [5.74, 6) is 5.82. The van der Waals surface area contributed by atoms with Crippen molar-refractivity contribution in [1.29, 1.82) is 5.26 Å². The van der Waals surface area contributed by atoms with Crippen LogP contribution in [0.1, 0.15) is 5.56 Å². The number of nitrogen functional groups attached to an aromatic ring is 1. The summed E-state index contributed by atoms with van der Waals surface area (Å²) in [4.78, 5) is 7.94. The third-order valence-corrected chi connectivity index (χ3v) is 3.00. The van der Waals surface area contributed by atoms with Gasteiger partial charge in [-0.3, -0.25) is 5.43 Å². The molecule has 0 amide bonds. The maximum Gasteiger partial charge on any atom is 0.239 e. The second-order valence-electron chi connectivity index (χ2n) is 3.46. The zero-order valence-corrected chi connectivity index (χ0v) is 11.8. The van der Waals surface area contributed by atoms with Crippen molar-refractivity contribution in [2.45, 2.75) is 0 Å². The fourth-order valence-electron chi connectivity index (χ4n) is 1.37. The molecule has 1 aromatic carbocycles. The molecule has 0 aliphatic carbocycles. The summed E-state index contributed by atoms with van der Waals surface area (Å²) in [5.41, 5.74) is 3.38. The molecule has 1 heterocycles. The van der Waals surface area contributed by atoms with Crippen LogP contribution in [0, 0.1) is 11.3 Å². The highest BCUT2D eigenvalue weighted by Gasteiger charge is 2.08. The number of nitrogens with one attached hydrogen (secondary N) is 2. The Labute approximate surface area is 122 Å². The van der Waals surface area contributed by atoms with E-state index >= 15 is 0 Å². The summed E-state index contributed by atoms with van der Waals surface area (Å²) in [6.45, 7) is 0. The Morgan fingerprint density at radius 1 is 1.42 bits per heavy atom. The minimum absolute atomic E-state index is 0.225. The number of nitrogens with two attached hydrogens (primary N) is 1. The number of nitrogens with zero attached hydrogens (tertiary/aromatic N) is 3. The summed E-state index contributed by atoms with van der Waals surface area (Å²) >= 11 is 9.28. The first-order valence-electron chi connectivity index (χ1n) is 5.10. The predicted molar refractivity (Wildman–Crippen MR) is 77.0 cm³/mol. The first-order chi connectivity index (χ1) is 9.13. The third-order valence-electron chi connectivity index (χ3n) is 2.23. The van der Waals surface area contributed by atoms with Gasteiger partial charge in [0.15, 0.2) is 5.82 Å². The Kier molecular flexibility index (Phi) is 4.16. The van der Waals surface area contributed by atoms with Crippen LogP contribution in [0.25, 0.3) is 0 Å². The van der Waals surface area contributed by atoms with E-state index in [4.69, 9.17) is 22.7 Å². The van der Waals surface area contributed by atoms with Crippen molar-refractivity contribution < 1.29 is 0 Å². The molecule has 0 saturated carbocycles. The molecular formula is C11H8BrClN6. The first-order valence-corrected chi connectivity index (χ1v) is 6.27. The lowest BCUT2D eigenvalue weighted by atomic mass is 10.2. The molecule has 0 aliphatic heterocycles. The number of hydrazine groups is 1. The normalized spacial score (nSPS) is 9.79. The average Bonchev–Trinajstić information content (AvgIpc) is 2.43. The summed E-state index contributed by atoms with van der Waals surface area (Å²) in [6.07, 6.45) is 1.41. The zero-order chi connectivity index (χ0) is 13.8. The van der Waals surface area contributed by atoms with Crippen molar-refractivity contribution in [1.82, 2.24) is 9.97 Å². The van der Waals surface area contributed by atoms with Gasteiger partial charge in [0.2, 0.25) is 5.95 Å². The average molecular weight is 340 g/mol. The molecule has 0 atom stereocenters. The van der Waals surface area contributed by atoms with E-state index in [0.717, 1.165) is 4.47 Å². The highest BCUT2D eigenvalue weighted by Crippen LogP contribution is 2.27. The van der Waals surface area contributed by atoms with Gasteiger partial charge in [-0.05, 0) is 18.2 Å². The van der Waals surface area contributed by atoms with Crippen molar-refractivity contribution in [2.75, 3.05) is 10.7 Å². The van der Waals surface area contributed by atoms with Crippen LogP contribution in [0.4, 0.5) is 17.5 Å². The van der Waals surface area contributed by atoms with Gasteiger partial charge in [0, 0.05) is 4.47 Å². The highest BCUT2D eigenvalue weighted by atomic mass is 79.9. The molecule has 1 aromatic heterocycles. The van der Waals surface area contributed by atoms with Crippen molar-refractivity contribution in [2.24, 2.45) is 5.84 Å². The molecule has 19 heavy (non-hydrogen) atoms. The molecular weight excluding hydrogens is 332 g/mol. The van der Waals surface area contributed by atoms with Gasteiger partial charge in [0.05, 0.1) is 17.4 Å². The van der Waals surface area contributed by atoms with Gasteiger partial charge in [-0.15, -0.1) is 0 Å². The zero-order valence-electron chi connectivity index (χ0n) is 9.48. The van der Waals surface area contributed by atoms with E-state index in [0.29, 0.717) is 22.1 Å². The lowest BCUT2D eigenvalue weighted by Gasteiger charge is -2.10. The maximum absolute atomic E-state index is 9.08. The van der Waals surface area contributed by atoms with E-state index in [-0.39, 0.29) is 5.95 Å². The van der Waals surface area contributed by atoms with Crippen LogP contribution in [0.3, 0.4) is 0 Å². The Balaban J connectivity index is 2.39. The van der Waals surface area contributed by atoms with Crippen LogP contribution in [0.5, 0.6) is 0 Å². The Morgan fingerprint density at radius 2 is 2.21 bits per heavy atom. The van der Waals surface area contributed by atoms with E-state index in [1.807, 2.05) is 0 Å². The second-order valence-corrected chi connectivity index (χ2v) is 4.78. The van der Waals surface area contributed by atoms with Crippen LogP contribution in [0.2, 0.25) is 5.02 Å². The molecule has 0 aliphatic rings. The summed E-state index contributed by atoms with van der Waals surface area (Å²) in [5, 5.41) is 12.4. The molecule has 6 nitrogen and oxygen atoms in total. The van der Waals surface area contributed by atoms with Crippen LogP contribution in [0.15, 0.2) is 28.9 Å². The second kappa shape index (κ2) is 5.84. The quantitative estimate of drug-likeness (QED) is 0.587. The van der Waals surface area contributed by atoms with Gasteiger partial charge in [-0.2, -0.15) is 10.2 Å². The number of hydrogen-bond acceptors (Lipinski definition) is 6. The predicted octanol–water partition coefficient (Wildman–Crippen LogP) is 2.79. The number of benzene rings is 1. The number of anilines is 3. The minimum atomic E-state index is 0.225. The Bertz CT molecular complexity index is 654. The fraction of sp³-hybridized carbons (Fsp3) is 0. The molecule has 2 aromatic rings. The minimum Gasteiger partial charge on any atom is -0.338 e. The molecule has 2 rings (SSSR count). The molecule has 4 N–H and O–H groups in total. The van der Waals surface area contributed by atoms with Crippen LogP contribution < -0.4 is 16.6 Å². The van der Waals surface area contributed by atoms with E-state index in [1.165, 1.54) is 6.20 Å². The van der Waals surface area contributed by atoms with Crippen LogP contribution in [-0.4, -0.2) is 9.97 Å². The number of nitriles is 1. The number of hydrogen-bond donors (Lipinski definition) is 3. The topological polar surface area (TPSA) is 99.7 Å². The summed E-state index contributed by atoms with van der Waals surface area (Å²) in [7, 11) is 0. The van der Waals surface area contributed by atoms with Crippen LogP contribution in [-0.2, 0) is 0 Å². The van der Waals surface area contributed by atoms with Gasteiger partial charge in [0.25, 0.3) is 0 Å².